The minimum atomic E-state index is -1.44. The van der Waals surface area contributed by atoms with Crippen LogP contribution < -0.4 is 16.4 Å². The first kappa shape index (κ1) is 16.9. The van der Waals surface area contributed by atoms with Crippen LogP contribution in [0.1, 0.15) is 12.0 Å². The molecule has 1 unspecified atom stereocenters. The summed E-state index contributed by atoms with van der Waals surface area (Å²) in [6.45, 7) is 1.57. The van der Waals surface area contributed by atoms with Crippen molar-refractivity contribution >= 4 is 39.5 Å². The van der Waals surface area contributed by atoms with Crippen LogP contribution >= 0.6 is 15.9 Å². The topological polar surface area (TPSA) is 122 Å². The number of aryl methyl sites for hydroxylation is 1. The highest BCUT2D eigenvalue weighted by molar-refractivity contribution is 9.10. The fourth-order valence-electron chi connectivity index (χ4n) is 1.50. The third-order valence-corrected chi connectivity index (χ3v) is 3.13. The fourth-order valence-corrected chi connectivity index (χ4v) is 1.84. The molecular formula is C12H13BrFN3O4. The molecular weight excluding hydrogens is 349 g/mol. The van der Waals surface area contributed by atoms with E-state index in [-0.39, 0.29) is 4.47 Å². The number of anilines is 1. The zero-order valence-corrected chi connectivity index (χ0v) is 12.5. The molecule has 1 aromatic rings. The number of amides is 3. The van der Waals surface area contributed by atoms with Gasteiger partial charge in [0.25, 0.3) is 0 Å². The monoisotopic (exact) mass is 361 g/mol. The molecule has 0 saturated heterocycles. The van der Waals surface area contributed by atoms with Crippen molar-refractivity contribution in [2.45, 2.75) is 19.4 Å². The Morgan fingerprint density at radius 2 is 2.05 bits per heavy atom. The van der Waals surface area contributed by atoms with E-state index in [0.29, 0.717) is 11.3 Å². The van der Waals surface area contributed by atoms with Crippen molar-refractivity contribution in [3.63, 3.8) is 0 Å². The Kier molecular flexibility index (Phi) is 5.65. The quantitative estimate of drug-likeness (QED) is 0.632. The molecule has 114 valence electrons. The highest BCUT2D eigenvalue weighted by atomic mass is 79.9. The Hall–Kier alpha value is -2.16. The summed E-state index contributed by atoms with van der Waals surface area (Å²) in [6.07, 6.45) is -0.533. The maximum absolute atomic E-state index is 13.3. The van der Waals surface area contributed by atoms with Crippen LogP contribution in [-0.2, 0) is 9.59 Å². The number of urea groups is 1. The first-order valence-electron chi connectivity index (χ1n) is 5.75. The molecule has 3 amide bonds. The van der Waals surface area contributed by atoms with Gasteiger partial charge < -0.3 is 21.5 Å². The van der Waals surface area contributed by atoms with Crippen molar-refractivity contribution in [2.75, 3.05) is 5.32 Å². The van der Waals surface area contributed by atoms with Crippen molar-refractivity contribution in [1.82, 2.24) is 5.32 Å². The second kappa shape index (κ2) is 7.02. The number of benzene rings is 1. The minimum absolute atomic E-state index is 0.148. The lowest BCUT2D eigenvalue weighted by atomic mass is 10.2. The Balaban J connectivity index is 2.79. The zero-order chi connectivity index (χ0) is 16.2. The van der Waals surface area contributed by atoms with E-state index in [1.165, 1.54) is 12.1 Å². The second-order valence-corrected chi connectivity index (χ2v) is 5.10. The van der Waals surface area contributed by atoms with Gasteiger partial charge in [0, 0.05) is 5.69 Å². The molecule has 0 spiro atoms. The molecule has 21 heavy (non-hydrogen) atoms. The number of aliphatic carboxylic acids is 1. The minimum Gasteiger partial charge on any atom is -0.480 e. The van der Waals surface area contributed by atoms with Gasteiger partial charge in [0.05, 0.1) is 10.9 Å². The van der Waals surface area contributed by atoms with Crippen LogP contribution in [0.5, 0.6) is 0 Å². The van der Waals surface area contributed by atoms with Gasteiger partial charge in [-0.2, -0.15) is 0 Å². The van der Waals surface area contributed by atoms with Gasteiger partial charge in [-0.3, -0.25) is 4.79 Å². The van der Waals surface area contributed by atoms with Gasteiger partial charge in [0.2, 0.25) is 5.91 Å². The van der Waals surface area contributed by atoms with Crippen LogP contribution in [0, 0.1) is 12.7 Å². The summed E-state index contributed by atoms with van der Waals surface area (Å²) < 4.78 is 13.4. The van der Waals surface area contributed by atoms with Crippen LogP contribution in [-0.4, -0.2) is 29.1 Å². The number of carboxylic acid groups (broad SMARTS) is 1. The molecule has 1 rings (SSSR count). The maximum Gasteiger partial charge on any atom is 0.326 e. The number of hydrogen-bond acceptors (Lipinski definition) is 3. The van der Waals surface area contributed by atoms with Gasteiger partial charge in [0.15, 0.2) is 0 Å². The molecule has 0 aliphatic carbocycles. The summed E-state index contributed by atoms with van der Waals surface area (Å²) in [5.74, 6) is -2.74. The van der Waals surface area contributed by atoms with Gasteiger partial charge in [-0.1, -0.05) is 0 Å². The molecule has 0 radical (unpaired) electrons. The summed E-state index contributed by atoms with van der Waals surface area (Å²) in [5.41, 5.74) is 5.65. The maximum atomic E-state index is 13.3. The van der Waals surface area contributed by atoms with Gasteiger partial charge in [-0.25, -0.2) is 14.0 Å². The highest BCUT2D eigenvalue weighted by Gasteiger charge is 2.22. The largest absolute Gasteiger partial charge is 0.480 e. The third kappa shape index (κ3) is 5.03. The molecule has 0 bridgehead atoms. The van der Waals surface area contributed by atoms with Crippen molar-refractivity contribution in [1.29, 1.82) is 0 Å². The zero-order valence-electron chi connectivity index (χ0n) is 10.9. The predicted molar refractivity (Wildman–Crippen MR) is 76.2 cm³/mol. The van der Waals surface area contributed by atoms with E-state index in [1.54, 1.807) is 6.92 Å². The highest BCUT2D eigenvalue weighted by Crippen LogP contribution is 2.24. The lowest BCUT2D eigenvalue weighted by Gasteiger charge is -2.15. The molecule has 0 fully saturated rings. The van der Waals surface area contributed by atoms with Crippen molar-refractivity contribution in [3.05, 3.63) is 28.0 Å². The van der Waals surface area contributed by atoms with Crippen LogP contribution in [0.4, 0.5) is 14.9 Å². The number of carbonyl (C=O) groups excluding carboxylic acids is 2. The SMILES string of the molecule is Cc1cc(F)c(Br)cc1NC(=O)NC(CC(N)=O)C(=O)O. The third-order valence-electron chi connectivity index (χ3n) is 2.52. The molecule has 0 saturated carbocycles. The van der Waals surface area contributed by atoms with E-state index in [0.717, 1.165) is 0 Å². The van der Waals surface area contributed by atoms with Crippen molar-refractivity contribution in [3.8, 4) is 0 Å². The van der Waals surface area contributed by atoms with Crippen molar-refractivity contribution in [2.24, 2.45) is 5.73 Å². The first-order chi connectivity index (χ1) is 9.70. The average molecular weight is 362 g/mol. The molecule has 1 atom stereocenters. The summed E-state index contributed by atoms with van der Waals surface area (Å²) >= 11 is 2.97. The van der Waals surface area contributed by atoms with Gasteiger partial charge in [-0.15, -0.1) is 0 Å². The van der Waals surface area contributed by atoms with E-state index in [9.17, 15) is 18.8 Å². The van der Waals surface area contributed by atoms with E-state index >= 15 is 0 Å². The van der Waals surface area contributed by atoms with E-state index in [1.807, 2.05) is 0 Å². The molecule has 0 aliphatic rings. The lowest BCUT2D eigenvalue weighted by molar-refractivity contribution is -0.140. The van der Waals surface area contributed by atoms with E-state index < -0.39 is 36.2 Å². The number of halogens is 2. The second-order valence-electron chi connectivity index (χ2n) is 4.24. The van der Waals surface area contributed by atoms with Gasteiger partial charge in [0.1, 0.15) is 11.9 Å². The number of carbonyl (C=O) groups is 3. The molecule has 0 aromatic heterocycles. The smallest absolute Gasteiger partial charge is 0.326 e. The van der Waals surface area contributed by atoms with Crippen LogP contribution in [0.3, 0.4) is 0 Å². The first-order valence-corrected chi connectivity index (χ1v) is 6.54. The number of rotatable bonds is 5. The predicted octanol–water partition coefficient (Wildman–Crippen LogP) is 1.35. The number of nitrogens with one attached hydrogen (secondary N) is 2. The standard InChI is InChI=1S/C12H13BrFN3O4/c1-5-2-7(14)6(13)3-8(5)16-12(21)17-9(11(19)20)4-10(15)18/h2-3,9H,4H2,1H3,(H2,15,18)(H,19,20)(H2,16,17,21). The normalized spacial score (nSPS) is 11.6. The van der Waals surface area contributed by atoms with Crippen LogP contribution in [0.15, 0.2) is 16.6 Å². The van der Waals surface area contributed by atoms with Crippen LogP contribution in [0.2, 0.25) is 0 Å². The number of primary amides is 1. The Labute approximate surface area is 127 Å². The van der Waals surface area contributed by atoms with Gasteiger partial charge >= 0.3 is 12.0 Å². The molecule has 5 N–H and O–H groups in total. The van der Waals surface area contributed by atoms with Crippen LogP contribution in [0.25, 0.3) is 0 Å². The number of hydrogen-bond donors (Lipinski definition) is 4. The van der Waals surface area contributed by atoms with Gasteiger partial charge in [-0.05, 0) is 40.5 Å². The lowest BCUT2D eigenvalue weighted by Crippen LogP contribution is -2.45. The fraction of sp³-hybridized carbons (Fsp3) is 0.250. The Bertz CT molecular complexity index is 594. The van der Waals surface area contributed by atoms with E-state index in [2.05, 4.69) is 26.6 Å². The summed E-state index contributed by atoms with van der Waals surface area (Å²) in [5, 5.41) is 13.3. The Morgan fingerprint density at radius 1 is 1.43 bits per heavy atom. The molecule has 0 heterocycles. The molecule has 1 aromatic carbocycles. The van der Waals surface area contributed by atoms with E-state index in [4.69, 9.17) is 10.8 Å². The Morgan fingerprint density at radius 3 is 2.57 bits per heavy atom. The molecule has 0 aliphatic heterocycles. The summed E-state index contributed by atoms with van der Waals surface area (Å²) in [7, 11) is 0. The molecule has 9 heteroatoms. The average Bonchev–Trinajstić information content (AvgIpc) is 2.34. The summed E-state index contributed by atoms with van der Waals surface area (Å²) in [6, 6.07) is 0.267. The molecule has 7 nitrogen and oxygen atoms in total. The number of nitrogens with two attached hydrogens (primary N) is 1. The summed E-state index contributed by atoms with van der Waals surface area (Å²) in [4.78, 5) is 33.3. The van der Waals surface area contributed by atoms with Crippen molar-refractivity contribution < 1.29 is 23.9 Å². The number of carboxylic acids is 1.